The highest BCUT2D eigenvalue weighted by molar-refractivity contribution is 5.92. The van der Waals surface area contributed by atoms with Crippen molar-refractivity contribution in [2.75, 3.05) is 18.4 Å². The Hall–Kier alpha value is -1.55. The van der Waals surface area contributed by atoms with Gasteiger partial charge in [0.1, 0.15) is 0 Å². The Kier molecular flexibility index (Phi) is 2.73. The van der Waals surface area contributed by atoms with Crippen LogP contribution in [0.25, 0.3) is 0 Å². The third-order valence-corrected chi connectivity index (χ3v) is 3.51. The van der Waals surface area contributed by atoms with Crippen LogP contribution in [0.5, 0.6) is 0 Å². The number of benzene rings is 1. The molecule has 2 aliphatic heterocycles. The van der Waals surface area contributed by atoms with Crippen LogP contribution in [0.4, 0.5) is 10.5 Å². The largest absolute Gasteiger partial charge is 0.322 e. The number of para-hydroxylation sites is 1. The van der Waals surface area contributed by atoms with Gasteiger partial charge in [0.25, 0.3) is 0 Å². The van der Waals surface area contributed by atoms with E-state index in [0.717, 1.165) is 25.3 Å². The molecule has 1 saturated heterocycles. The quantitative estimate of drug-likeness (QED) is 0.815. The molecule has 1 atom stereocenters. The summed E-state index contributed by atoms with van der Waals surface area (Å²) in [7, 11) is 0. The maximum Gasteiger partial charge on any atom is 0.322 e. The van der Waals surface area contributed by atoms with Crippen molar-refractivity contribution in [1.82, 2.24) is 10.2 Å². The summed E-state index contributed by atoms with van der Waals surface area (Å²) in [5.74, 6) is 0. The minimum absolute atomic E-state index is 0.0254. The summed E-state index contributed by atoms with van der Waals surface area (Å²) in [5, 5.41) is 6.37. The topological polar surface area (TPSA) is 44.4 Å². The van der Waals surface area contributed by atoms with Crippen LogP contribution >= 0.6 is 0 Å². The monoisotopic (exact) mass is 231 g/mol. The summed E-state index contributed by atoms with van der Waals surface area (Å²) >= 11 is 0. The van der Waals surface area contributed by atoms with Crippen LogP contribution in [0, 0.1) is 0 Å². The lowest BCUT2D eigenvalue weighted by molar-refractivity contribution is 0.201. The number of fused-ring (bicyclic) bond motifs is 1. The van der Waals surface area contributed by atoms with Gasteiger partial charge in [0.05, 0.1) is 0 Å². The molecule has 1 aromatic carbocycles. The Morgan fingerprint density at radius 2 is 2.24 bits per heavy atom. The molecule has 0 bridgehead atoms. The Balaban J connectivity index is 1.72. The summed E-state index contributed by atoms with van der Waals surface area (Å²) in [6, 6.07) is 8.49. The fourth-order valence-electron chi connectivity index (χ4n) is 2.58. The molecular weight excluding hydrogens is 214 g/mol. The van der Waals surface area contributed by atoms with Gasteiger partial charge in [0.15, 0.2) is 0 Å². The smallest absolute Gasteiger partial charge is 0.319 e. The normalized spacial score (nSPS) is 23.4. The minimum Gasteiger partial charge on any atom is -0.319 e. The number of carbonyl (C=O) groups excluding carboxylic acids is 1. The van der Waals surface area contributed by atoms with Gasteiger partial charge in [-0.05, 0) is 31.0 Å². The van der Waals surface area contributed by atoms with Crippen molar-refractivity contribution < 1.29 is 4.79 Å². The molecule has 2 N–H and O–H groups in total. The molecule has 2 heterocycles. The van der Waals surface area contributed by atoms with Gasteiger partial charge in [0, 0.05) is 24.8 Å². The summed E-state index contributed by atoms with van der Waals surface area (Å²) in [5.41, 5.74) is 2.15. The lowest BCUT2D eigenvalue weighted by atomic mass is 10.1. The Bertz CT molecular complexity index is 426. The molecule has 1 fully saturated rings. The summed E-state index contributed by atoms with van der Waals surface area (Å²) in [4.78, 5) is 13.8. The van der Waals surface area contributed by atoms with E-state index >= 15 is 0 Å². The van der Waals surface area contributed by atoms with Gasteiger partial charge >= 0.3 is 6.03 Å². The molecule has 1 aromatic rings. The van der Waals surface area contributed by atoms with Crippen LogP contribution in [0.15, 0.2) is 24.3 Å². The van der Waals surface area contributed by atoms with Gasteiger partial charge in [-0.3, -0.25) is 0 Å². The Morgan fingerprint density at radius 1 is 1.35 bits per heavy atom. The molecule has 4 heteroatoms. The van der Waals surface area contributed by atoms with Crippen molar-refractivity contribution >= 4 is 11.7 Å². The van der Waals surface area contributed by atoms with E-state index in [0.29, 0.717) is 6.04 Å². The number of hydrogen-bond donors (Lipinski definition) is 2. The molecule has 90 valence electrons. The highest BCUT2D eigenvalue weighted by atomic mass is 16.2. The zero-order valence-corrected chi connectivity index (χ0v) is 9.78. The molecular formula is C13H17N3O. The molecule has 4 nitrogen and oxygen atoms in total. The Labute approximate surface area is 101 Å². The third-order valence-electron chi connectivity index (χ3n) is 3.51. The van der Waals surface area contributed by atoms with Crippen molar-refractivity contribution in [1.29, 1.82) is 0 Å². The fraction of sp³-hybridized carbons (Fsp3) is 0.462. The zero-order chi connectivity index (χ0) is 11.7. The number of hydrogen-bond acceptors (Lipinski definition) is 2. The van der Waals surface area contributed by atoms with E-state index in [1.165, 1.54) is 18.4 Å². The van der Waals surface area contributed by atoms with Crippen LogP contribution in [-0.2, 0) is 6.54 Å². The van der Waals surface area contributed by atoms with Crippen molar-refractivity contribution in [2.24, 2.45) is 0 Å². The average Bonchev–Trinajstić information content (AvgIpc) is 2.83. The molecule has 2 aliphatic rings. The maximum atomic E-state index is 11.9. The molecule has 0 spiro atoms. The summed E-state index contributed by atoms with van der Waals surface area (Å²) in [6.07, 6.45) is 2.39. The van der Waals surface area contributed by atoms with E-state index in [1.54, 1.807) is 0 Å². The van der Waals surface area contributed by atoms with Crippen LogP contribution < -0.4 is 10.6 Å². The SMILES string of the molecule is O=C1Nc2ccccc2CN1C[C@H]1CCCN1. The van der Waals surface area contributed by atoms with Gasteiger partial charge in [-0.1, -0.05) is 18.2 Å². The van der Waals surface area contributed by atoms with Crippen molar-refractivity contribution in [2.45, 2.75) is 25.4 Å². The van der Waals surface area contributed by atoms with E-state index in [-0.39, 0.29) is 6.03 Å². The molecule has 0 saturated carbocycles. The number of amides is 2. The zero-order valence-electron chi connectivity index (χ0n) is 9.78. The van der Waals surface area contributed by atoms with E-state index in [9.17, 15) is 4.79 Å². The lowest BCUT2D eigenvalue weighted by Gasteiger charge is -2.31. The van der Waals surface area contributed by atoms with Gasteiger partial charge in [-0.2, -0.15) is 0 Å². The maximum absolute atomic E-state index is 11.9. The molecule has 0 aromatic heterocycles. The highest BCUT2D eigenvalue weighted by Crippen LogP contribution is 2.23. The van der Waals surface area contributed by atoms with Crippen molar-refractivity contribution in [3.8, 4) is 0 Å². The minimum atomic E-state index is 0.0254. The van der Waals surface area contributed by atoms with Crippen molar-refractivity contribution in [3.05, 3.63) is 29.8 Å². The number of nitrogens with zero attached hydrogens (tertiary/aromatic N) is 1. The number of urea groups is 1. The van der Waals surface area contributed by atoms with Crippen LogP contribution in [-0.4, -0.2) is 30.1 Å². The van der Waals surface area contributed by atoms with Crippen LogP contribution in [0.1, 0.15) is 18.4 Å². The lowest BCUT2D eigenvalue weighted by Crippen LogP contribution is -2.45. The third kappa shape index (κ3) is 2.13. The molecule has 2 amide bonds. The standard InChI is InChI=1S/C13H17N3O/c17-13-15-12-6-2-1-4-10(12)8-16(13)9-11-5-3-7-14-11/h1-2,4,6,11,14H,3,5,7-9H2,(H,15,17)/t11-/m1/s1. The van der Waals surface area contributed by atoms with Crippen molar-refractivity contribution in [3.63, 3.8) is 0 Å². The van der Waals surface area contributed by atoms with Gasteiger partial charge in [-0.25, -0.2) is 4.79 Å². The molecule has 3 rings (SSSR count). The number of rotatable bonds is 2. The first-order chi connectivity index (χ1) is 8.33. The summed E-state index contributed by atoms with van der Waals surface area (Å²) in [6.45, 7) is 2.61. The van der Waals surface area contributed by atoms with E-state index in [1.807, 2.05) is 23.1 Å². The number of nitrogens with one attached hydrogen (secondary N) is 2. The first kappa shape index (κ1) is 10.6. The number of anilines is 1. The Morgan fingerprint density at radius 3 is 3.06 bits per heavy atom. The predicted octanol–water partition coefficient (Wildman–Crippen LogP) is 1.79. The van der Waals surface area contributed by atoms with Gasteiger partial charge in [-0.15, -0.1) is 0 Å². The second kappa shape index (κ2) is 4.37. The molecule has 17 heavy (non-hydrogen) atoms. The summed E-state index contributed by atoms with van der Waals surface area (Å²) < 4.78 is 0. The van der Waals surface area contributed by atoms with E-state index in [2.05, 4.69) is 16.7 Å². The number of carbonyl (C=O) groups is 1. The highest BCUT2D eigenvalue weighted by Gasteiger charge is 2.25. The van der Waals surface area contributed by atoms with E-state index < -0.39 is 0 Å². The first-order valence-electron chi connectivity index (χ1n) is 6.20. The fourth-order valence-corrected chi connectivity index (χ4v) is 2.58. The second-order valence-electron chi connectivity index (χ2n) is 4.76. The van der Waals surface area contributed by atoms with E-state index in [4.69, 9.17) is 0 Å². The van der Waals surface area contributed by atoms with Crippen LogP contribution in [0.3, 0.4) is 0 Å². The average molecular weight is 231 g/mol. The molecule has 0 aliphatic carbocycles. The van der Waals surface area contributed by atoms with Gasteiger partial charge < -0.3 is 15.5 Å². The molecule has 0 unspecified atom stereocenters. The van der Waals surface area contributed by atoms with Gasteiger partial charge in [0.2, 0.25) is 0 Å². The molecule has 0 radical (unpaired) electrons. The second-order valence-corrected chi connectivity index (χ2v) is 4.76. The predicted molar refractivity (Wildman–Crippen MR) is 66.9 cm³/mol. The first-order valence-corrected chi connectivity index (χ1v) is 6.20. The van der Waals surface area contributed by atoms with Crippen LogP contribution in [0.2, 0.25) is 0 Å².